The minimum Gasteiger partial charge on any atom is -0.379 e. The number of amides is 1. The topological polar surface area (TPSA) is 75.7 Å². The van der Waals surface area contributed by atoms with E-state index in [-0.39, 0.29) is 5.91 Å². The van der Waals surface area contributed by atoms with Crippen molar-refractivity contribution in [2.75, 3.05) is 26.3 Å². The first-order valence-corrected chi connectivity index (χ1v) is 12.6. The molecule has 0 spiro atoms. The first kappa shape index (κ1) is 20.0. The van der Waals surface area contributed by atoms with Crippen molar-refractivity contribution >= 4 is 38.6 Å². The Morgan fingerprint density at radius 3 is 2.86 bits per heavy atom. The van der Waals surface area contributed by atoms with Gasteiger partial charge in [-0.15, -0.1) is 22.7 Å². The molecule has 1 N–H and O–H groups in total. The molecule has 3 heterocycles. The largest absolute Gasteiger partial charge is 0.379 e. The average molecular weight is 441 g/mol. The highest BCUT2D eigenvalue weighted by Crippen LogP contribution is 2.32. The van der Waals surface area contributed by atoms with Crippen LogP contribution >= 0.6 is 22.7 Å². The summed E-state index contributed by atoms with van der Waals surface area (Å²) in [6.45, 7) is 4.21. The number of aryl methyl sites for hydroxylation is 1. The van der Waals surface area contributed by atoms with E-state index >= 15 is 0 Å². The molecule has 0 aromatic carbocycles. The zero-order valence-corrected chi connectivity index (χ0v) is 18.2. The van der Waals surface area contributed by atoms with Crippen LogP contribution in [0, 0.1) is 5.92 Å². The fourth-order valence-corrected chi connectivity index (χ4v) is 7.56. The van der Waals surface area contributed by atoms with Gasteiger partial charge in [-0.1, -0.05) is 6.92 Å². The summed E-state index contributed by atoms with van der Waals surface area (Å²) in [6.07, 6.45) is 3.29. The van der Waals surface area contributed by atoms with Crippen LogP contribution in [0.2, 0.25) is 0 Å². The number of hydrogen-bond acceptors (Lipinski definition) is 6. The Kier molecular flexibility index (Phi) is 5.89. The molecule has 0 saturated carbocycles. The van der Waals surface area contributed by atoms with Gasteiger partial charge < -0.3 is 10.1 Å². The SMILES string of the molecule is CC1CCc2sc(C(=O)NCc3ccc(S(=O)(=O)N4CCOCC4)s3)cc2C1. The van der Waals surface area contributed by atoms with Gasteiger partial charge in [0.15, 0.2) is 0 Å². The Hall–Kier alpha value is -1.26. The quantitative estimate of drug-likeness (QED) is 0.776. The third-order valence-corrected chi connectivity index (χ3v) is 9.86. The van der Waals surface area contributed by atoms with Crippen LogP contribution in [-0.2, 0) is 34.1 Å². The van der Waals surface area contributed by atoms with Crippen molar-refractivity contribution < 1.29 is 17.9 Å². The number of sulfonamides is 1. The Morgan fingerprint density at radius 2 is 2.07 bits per heavy atom. The van der Waals surface area contributed by atoms with E-state index in [9.17, 15) is 13.2 Å². The minimum atomic E-state index is -3.48. The van der Waals surface area contributed by atoms with Crippen molar-refractivity contribution in [1.29, 1.82) is 0 Å². The molecule has 0 bridgehead atoms. The van der Waals surface area contributed by atoms with Gasteiger partial charge in [0.25, 0.3) is 15.9 Å². The highest BCUT2D eigenvalue weighted by atomic mass is 32.2. The van der Waals surface area contributed by atoms with Gasteiger partial charge in [-0.3, -0.25) is 4.79 Å². The molecule has 28 heavy (non-hydrogen) atoms. The van der Waals surface area contributed by atoms with Crippen LogP contribution in [0.3, 0.4) is 0 Å². The predicted molar refractivity (Wildman–Crippen MR) is 111 cm³/mol. The lowest BCUT2D eigenvalue weighted by Crippen LogP contribution is -2.40. The zero-order valence-electron chi connectivity index (χ0n) is 15.8. The molecule has 2 aromatic heterocycles. The first-order chi connectivity index (χ1) is 13.4. The molecular formula is C19H24N2O4S3. The molecule has 0 radical (unpaired) electrons. The van der Waals surface area contributed by atoms with Gasteiger partial charge in [-0.05, 0) is 48.9 Å². The average Bonchev–Trinajstić information content (AvgIpc) is 3.34. The van der Waals surface area contributed by atoms with Gasteiger partial charge >= 0.3 is 0 Å². The van der Waals surface area contributed by atoms with Crippen LogP contribution in [0.25, 0.3) is 0 Å². The molecule has 152 valence electrons. The number of rotatable bonds is 5. The van der Waals surface area contributed by atoms with Crippen molar-refractivity contribution in [3.63, 3.8) is 0 Å². The molecule has 1 fully saturated rings. The standard InChI is InChI=1S/C19H24N2O4S3/c1-13-2-4-16-14(10-13)11-17(27-16)19(22)20-12-15-3-5-18(26-15)28(23,24)21-6-8-25-9-7-21/h3,5,11,13H,2,4,6-10,12H2,1H3,(H,20,22). The van der Waals surface area contributed by atoms with E-state index < -0.39 is 10.0 Å². The molecule has 4 rings (SSSR count). The van der Waals surface area contributed by atoms with E-state index in [2.05, 4.69) is 12.2 Å². The maximum Gasteiger partial charge on any atom is 0.261 e. The molecule has 1 aliphatic carbocycles. The van der Waals surface area contributed by atoms with Crippen molar-refractivity contribution in [3.8, 4) is 0 Å². The maximum absolute atomic E-state index is 12.7. The van der Waals surface area contributed by atoms with Crippen molar-refractivity contribution in [3.05, 3.63) is 38.4 Å². The van der Waals surface area contributed by atoms with Gasteiger partial charge in [0, 0.05) is 22.8 Å². The second kappa shape index (κ2) is 8.23. The molecule has 1 aliphatic heterocycles. The normalized spacial score (nSPS) is 20.7. The summed E-state index contributed by atoms with van der Waals surface area (Å²) in [6, 6.07) is 5.43. The van der Waals surface area contributed by atoms with Crippen LogP contribution in [-0.4, -0.2) is 44.9 Å². The Morgan fingerprint density at radius 1 is 1.29 bits per heavy atom. The Labute approximate surface area is 173 Å². The highest BCUT2D eigenvalue weighted by Gasteiger charge is 2.28. The van der Waals surface area contributed by atoms with Crippen LogP contribution in [0.1, 0.15) is 38.3 Å². The minimum absolute atomic E-state index is 0.0851. The summed E-state index contributed by atoms with van der Waals surface area (Å²) in [5.74, 6) is 0.592. The first-order valence-electron chi connectivity index (χ1n) is 9.50. The summed E-state index contributed by atoms with van der Waals surface area (Å²) >= 11 is 2.80. The van der Waals surface area contributed by atoms with Gasteiger partial charge in [0.1, 0.15) is 4.21 Å². The second-order valence-corrected chi connectivity index (χ2v) is 11.8. The number of morpholine rings is 1. The van der Waals surface area contributed by atoms with Crippen molar-refractivity contribution in [2.45, 2.75) is 36.9 Å². The fraction of sp³-hybridized carbons (Fsp3) is 0.526. The lowest BCUT2D eigenvalue weighted by Gasteiger charge is -2.25. The summed E-state index contributed by atoms with van der Waals surface area (Å²) in [7, 11) is -3.48. The van der Waals surface area contributed by atoms with E-state index in [0.29, 0.717) is 43.0 Å². The maximum atomic E-state index is 12.7. The fourth-order valence-electron chi connectivity index (χ4n) is 3.58. The van der Waals surface area contributed by atoms with Gasteiger partial charge in [0.2, 0.25) is 0 Å². The molecule has 9 heteroatoms. The summed E-state index contributed by atoms with van der Waals surface area (Å²) in [5, 5.41) is 2.93. The molecule has 1 unspecified atom stereocenters. The lowest BCUT2D eigenvalue weighted by molar-refractivity contribution is 0.0731. The molecule has 1 saturated heterocycles. The number of fused-ring (bicyclic) bond motifs is 1. The molecule has 6 nitrogen and oxygen atoms in total. The third-order valence-electron chi connectivity index (χ3n) is 5.18. The molecule has 1 atom stereocenters. The number of hydrogen-bond donors (Lipinski definition) is 1. The monoisotopic (exact) mass is 440 g/mol. The number of nitrogens with one attached hydrogen (secondary N) is 1. The second-order valence-electron chi connectivity index (χ2n) is 7.33. The molecular weight excluding hydrogens is 416 g/mol. The number of carbonyl (C=O) groups excluding carboxylic acids is 1. The summed E-state index contributed by atoms with van der Waals surface area (Å²) in [5.41, 5.74) is 1.31. The predicted octanol–water partition coefficient (Wildman–Crippen LogP) is 2.89. The van der Waals surface area contributed by atoms with E-state index in [1.165, 1.54) is 32.5 Å². The zero-order chi connectivity index (χ0) is 19.7. The van der Waals surface area contributed by atoms with Crippen molar-refractivity contribution in [2.24, 2.45) is 5.92 Å². The van der Waals surface area contributed by atoms with Gasteiger partial charge in [0.05, 0.1) is 24.6 Å². The van der Waals surface area contributed by atoms with E-state index in [0.717, 1.165) is 22.6 Å². The number of ether oxygens (including phenoxy) is 1. The van der Waals surface area contributed by atoms with Crippen LogP contribution in [0.15, 0.2) is 22.4 Å². The highest BCUT2D eigenvalue weighted by molar-refractivity contribution is 7.91. The smallest absolute Gasteiger partial charge is 0.261 e. The van der Waals surface area contributed by atoms with Gasteiger partial charge in [-0.2, -0.15) is 4.31 Å². The van der Waals surface area contributed by atoms with Crippen LogP contribution in [0.4, 0.5) is 0 Å². The lowest BCUT2D eigenvalue weighted by atomic mass is 9.90. The number of nitrogens with zero attached hydrogens (tertiary/aromatic N) is 1. The van der Waals surface area contributed by atoms with E-state index in [4.69, 9.17) is 4.74 Å². The van der Waals surface area contributed by atoms with E-state index in [1.807, 2.05) is 6.07 Å². The van der Waals surface area contributed by atoms with Gasteiger partial charge in [-0.25, -0.2) is 8.42 Å². The third kappa shape index (κ3) is 4.18. The van der Waals surface area contributed by atoms with Crippen LogP contribution < -0.4 is 5.32 Å². The number of thiophene rings is 2. The van der Waals surface area contributed by atoms with Crippen LogP contribution in [0.5, 0.6) is 0 Å². The molecule has 2 aromatic rings. The molecule has 1 amide bonds. The Bertz CT molecular complexity index is 958. The van der Waals surface area contributed by atoms with Crippen molar-refractivity contribution in [1.82, 2.24) is 9.62 Å². The van der Waals surface area contributed by atoms with E-state index in [1.54, 1.807) is 23.5 Å². The number of carbonyl (C=O) groups is 1. The molecule has 2 aliphatic rings. The summed E-state index contributed by atoms with van der Waals surface area (Å²) in [4.78, 5) is 15.4. The summed E-state index contributed by atoms with van der Waals surface area (Å²) < 4.78 is 32.4. The Balaban J connectivity index is 1.39.